The molecule has 2 heterocycles. The molecule has 0 aliphatic carbocycles. The van der Waals surface area contributed by atoms with Crippen LogP contribution in [0, 0.1) is 0 Å². The number of hydrogen-bond donors (Lipinski definition) is 1. The van der Waals surface area contributed by atoms with Gasteiger partial charge in [-0.25, -0.2) is 4.68 Å². The van der Waals surface area contributed by atoms with Crippen molar-refractivity contribution >= 4 is 17.6 Å². The third-order valence-electron chi connectivity index (χ3n) is 6.48. The Balaban J connectivity index is 1.40. The van der Waals surface area contributed by atoms with Crippen LogP contribution in [0.5, 0.6) is 0 Å². The lowest BCUT2D eigenvalue weighted by Gasteiger charge is -2.38. The van der Waals surface area contributed by atoms with E-state index in [1.165, 1.54) is 0 Å². The first-order valence-electron chi connectivity index (χ1n) is 11.9. The average molecular weight is 460 g/mol. The fourth-order valence-electron chi connectivity index (χ4n) is 4.50. The molecule has 1 aliphatic rings. The van der Waals surface area contributed by atoms with Gasteiger partial charge < -0.3 is 10.2 Å². The van der Waals surface area contributed by atoms with Crippen LogP contribution in [0.3, 0.4) is 0 Å². The number of carbonyl (C=O) groups excluding carboxylic acids is 2. The van der Waals surface area contributed by atoms with Gasteiger partial charge in [-0.3, -0.25) is 14.5 Å². The van der Waals surface area contributed by atoms with Gasteiger partial charge in [-0.2, -0.15) is 5.10 Å². The van der Waals surface area contributed by atoms with Crippen molar-refractivity contribution in [2.45, 2.75) is 38.8 Å². The largest absolute Gasteiger partial charge is 0.339 e. The van der Waals surface area contributed by atoms with E-state index in [-0.39, 0.29) is 29.8 Å². The number of piperazine rings is 1. The van der Waals surface area contributed by atoms with E-state index in [2.05, 4.69) is 15.3 Å². The highest BCUT2D eigenvalue weighted by molar-refractivity contribution is 5.94. The summed E-state index contributed by atoms with van der Waals surface area (Å²) >= 11 is 0. The number of benzene rings is 2. The van der Waals surface area contributed by atoms with Gasteiger partial charge >= 0.3 is 0 Å². The van der Waals surface area contributed by atoms with Gasteiger partial charge in [-0.1, -0.05) is 60.7 Å². The Labute approximate surface area is 201 Å². The molecular weight excluding hydrogens is 426 g/mol. The van der Waals surface area contributed by atoms with Crippen molar-refractivity contribution in [2.24, 2.45) is 0 Å². The van der Waals surface area contributed by atoms with Crippen LogP contribution < -0.4 is 5.32 Å². The standard InChI is InChI=1S/C27H33N5O2/c1-20(2)32-24(14-15-28-32)29-26(33)21(3)30-16-18-31(19-17-30)27(34)25(22-10-6-4-7-11-22)23-12-8-5-9-13-23/h4-15,20-21,25H,16-19H2,1-3H3,(H,29,33). The minimum atomic E-state index is -0.328. The fourth-order valence-corrected chi connectivity index (χ4v) is 4.50. The Bertz CT molecular complexity index is 1050. The average Bonchev–Trinajstić information content (AvgIpc) is 3.33. The molecule has 1 aliphatic heterocycles. The summed E-state index contributed by atoms with van der Waals surface area (Å²) in [5.41, 5.74) is 1.99. The van der Waals surface area contributed by atoms with E-state index < -0.39 is 0 Å². The number of aromatic nitrogens is 2. The summed E-state index contributed by atoms with van der Waals surface area (Å²) in [6.45, 7) is 8.47. The lowest BCUT2D eigenvalue weighted by Crippen LogP contribution is -2.54. The van der Waals surface area contributed by atoms with Crippen LogP contribution >= 0.6 is 0 Å². The van der Waals surface area contributed by atoms with Crippen LogP contribution in [-0.2, 0) is 9.59 Å². The Morgan fingerprint density at radius 1 is 0.824 bits per heavy atom. The lowest BCUT2D eigenvalue weighted by atomic mass is 9.90. The molecule has 1 saturated heterocycles. The molecule has 4 rings (SSSR count). The van der Waals surface area contributed by atoms with E-state index in [0.717, 1.165) is 11.1 Å². The second kappa shape index (κ2) is 10.7. The number of carbonyl (C=O) groups is 2. The van der Waals surface area contributed by atoms with Crippen LogP contribution in [0.1, 0.15) is 43.9 Å². The van der Waals surface area contributed by atoms with Gasteiger partial charge in [0.05, 0.1) is 18.2 Å². The van der Waals surface area contributed by atoms with Crippen LogP contribution in [0.2, 0.25) is 0 Å². The molecule has 2 amide bonds. The first kappa shape index (κ1) is 23.7. The second-order valence-electron chi connectivity index (χ2n) is 9.04. The Hall–Kier alpha value is -3.45. The molecule has 0 bridgehead atoms. The molecule has 34 heavy (non-hydrogen) atoms. The number of hydrogen-bond acceptors (Lipinski definition) is 4. The maximum absolute atomic E-state index is 13.6. The predicted molar refractivity (Wildman–Crippen MR) is 134 cm³/mol. The molecule has 0 radical (unpaired) electrons. The quantitative estimate of drug-likeness (QED) is 0.584. The molecule has 1 aromatic heterocycles. The van der Waals surface area contributed by atoms with Crippen molar-refractivity contribution in [3.8, 4) is 0 Å². The maximum atomic E-state index is 13.6. The van der Waals surface area contributed by atoms with Crippen molar-refractivity contribution in [2.75, 3.05) is 31.5 Å². The highest BCUT2D eigenvalue weighted by Gasteiger charge is 2.32. The smallest absolute Gasteiger partial charge is 0.242 e. The highest BCUT2D eigenvalue weighted by atomic mass is 16.2. The first-order valence-corrected chi connectivity index (χ1v) is 11.9. The van der Waals surface area contributed by atoms with Gasteiger partial charge in [0, 0.05) is 38.3 Å². The van der Waals surface area contributed by atoms with Gasteiger partial charge in [-0.05, 0) is 31.9 Å². The number of amides is 2. The van der Waals surface area contributed by atoms with Gasteiger partial charge in [0.2, 0.25) is 11.8 Å². The monoisotopic (exact) mass is 459 g/mol. The zero-order valence-corrected chi connectivity index (χ0v) is 20.1. The second-order valence-corrected chi connectivity index (χ2v) is 9.04. The number of nitrogens with zero attached hydrogens (tertiary/aromatic N) is 4. The van der Waals surface area contributed by atoms with E-state index in [1.807, 2.05) is 92.4 Å². The Kier molecular flexibility index (Phi) is 7.43. The molecule has 1 N–H and O–H groups in total. The molecule has 0 spiro atoms. The molecular formula is C27H33N5O2. The normalized spacial score (nSPS) is 15.5. The van der Waals surface area contributed by atoms with Crippen molar-refractivity contribution < 1.29 is 9.59 Å². The molecule has 7 nitrogen and oxygen atoms in total. The SMILES string of the molecule is CC(C(=O)Nc1ccnn1C(C)C)N1CCN(C(=O)C(c2ccccc2)c2ccccc2)CC1. The molecule has 1 fully saturated rings. The van der Waals surface area contributed by atoms with Crippen molar-refractivity contribution in [1.29, 1.82) is 0 Å². The van der Waals surface area contributed by atoms with E-state index in [4.69, 9.17) is 0 Å². The summed E-state index contributed by atoms with van der Waals surface area (Å²) in [6.07, 6.45) is 1.69. The fraction of sp³-hybridized carbons (Fsp3) is 0.370. The zero-order valence-electron chi connectivity index (χ0n) is 20.1. The van der Waals surface area contributed by atoms with Gasteiger partial charge in [-0.15, -0.1) is 0 Å². The molecule has 1 atom stereocenters. The molecule has 3 aromatic rings. The third-order valence-corrected chi connectivity index (χ3v) is 6.48. The van der Waals surface area contributed by atoms with Crippen LogP contribution in [0.25, 0.3) is 0 Å². The van der Waals surface area contributed by atoms with Gasteiger partial charge in [0.15, 0.2) is 0 Å². The van der Waals surface area contributed by atoms with E-state index >= 15 is 0 Å². The minimum Gasteiger partial charge on any atom is -0.339 e. The van der Waals surface area contributed by atoms with Gasteiger partial charge in [0.25, 0.3) is 0 Å². The first-order chi connectivity index (χ1) is 16.5. The molecule has 2 aromatic carbocycles. The summed E-state index contributed by atoms with van der Waals surface area (Å²) in [4.78, 5) is 30.6. The zero-order chi connectivity index (χ0) is 24.1. The lowest BCUT2D eigenvalue weighted by molar-refractivity contribution is -0.134. The van der Waals surface area contributed by atoms with Crippen molar-refractivity contribution in [1.82, 2.24) is 19.6 Å². The molecule has 1 unspecified atom stereocenters. The third kappa shape index (κ3) is 5.20. The van der Waals surface area contributed by atoms with E-state index in [9.17, 15) is 9.59 Å². The van der Waals surface area contributed by atoms with Crippen LogP contribution in [-0.4, -0.2) is 63.6 Å². The summed E-state index contributed by atoms with van der Waals surface area (Å²) < 4.78 is 1.80. The summed E-state index contributed by atoms with van der Waals surface area (Å²) in [5.74, 6) is 0.420. The van der Waals surface area contributed by atoms with E-state index in [0.29, 0.717) is 32.0 Å². The summed E-state index contributed by atoms with van der Waals surface area (Å²) in [6, 6.07) is 21.6. The van der Waals surface area contributed by atoms with Gasteiger partial charge in [0.1, 0.15) is 5.82 Å². The highest BCUT2D eigenvalue weighted by Crippen LogP contribution is 2.27. The van der Waals surface area contributed by atoms with Crippen molar-refractivity contribution in [3.05, 3.63) is 84.1 Å². The Morgan fingerprint density at radius 2 is 1.38 bits per heavy atom. The van der Waals surface area contributed by atoms with Crippen LogP contribution in [0.15, 0.2) is 72.9 Å². The molecule has 7 heteroatoms. The number of anilines is 1. The maximum Gasteiger partial charge on any atom is 0.242 e. The molecule has 0 saturated carbocycles. The summed E-state index contributed by atoms with van der Waals surface area (Å²) in [7, 11) is 0. The van der Waals surface area contributed by atoms with Crippen LogP contribution in [0.4, 0.5) is 5.82 Å². The summed E-state index contributed by atoms with van der Waals surface area (Å²) in [5, 5.41) is 7.28. The predicted octanol–water partition coefficient (Wildman–Crippen LogP) is 3.77. The minimum absolute atomic E-state index is 0.0615. The van der Waals surface area contributed by atoms with E-state index in [1.54, 1.807) is 10.9 Å². The Morgan fingerprint density at radius 3 is 1.91 bits per heavy atom. The number of rotatable bonds is 7. The topological polar surface area (TPSA) is 70.5 Å². The molecule has 178 valence electrons. The van der Waals surface area contributed by atoms with Crippen molar-refractivity contribution in [3.63, 3.8) is 0 Å². The number of nitrogens with one attached hydrogen (secondary N) is 1.